The van der Waals surface area contributed by atoms with E-state index < -0.39 is 0 Å². The van der Waals surface area contributed by atoms with Crippen LogP contribution < -0.4 is 10.1 Å². The van der Waals surface area contributed by atoms with Gasteiger partial charge in [0.1, 0.15) is 5.75 Å². The first kappa shape index (κ1) is 13.5. The van der Waals surface area contributed by atoms with Gasteiger partial charge in [-0.15, -0.1) is 0 Å². The van der Waals surface area contributed by atoms with Crippen molar-refractivity contribution in [2.75, 3.05) is 36.5 Å². The van der Waals surface area contributed by atoms with Crippen molar-refractivity contribution >= 4 is 34.8 Å². The molecule has 0 radical (unpaired) electrons. The van der Waals surface area contributed by atoms with Crippen LogP contribution in [-0.2, 0) is 0 Å². The van der Waals surface area contributed by atoms with Crippen LogP contribution in [-0.4, -0.2) is 41.2 Å². The molecule has 1 saturated heterocycles. The van der Waals surface area contributed by atoms with Crippen LogP contribution in [0.3, 0.4) is 0 Å². The monoisotopic (exact) mass is 282 g/mol. The Morgan fingerprint density at radius 2 is 2.11 bits per heavy atom. The molecular formula is C13H18N2OS2. The Morgan fingerprint density at radius 3 is 2.83 bits per heavy atom. The number of anilines is 1. The summed E-state index contributed by atoms with van der Waals surface area (Å²) in [5.41, 5.74) is 0.947. The van der Waals surface area contributed by atoms with Gasteiger partial charge in [0.2, 0.25) is 0 Å². The molecule has 1 heterocycles. The number of hydrogen-bond acceptors (Lipinski definition) is 3. The van der Waals surface area contributed by atoms with Crippen LogP contribution in [0.1, 0.15) is 6.92 Å². The minimum Gasteiger partial charge on any atom is -0.492 e. The van der Waals surface area contributed by atoms with Gasteiger partial charge in [0, 0.05) is 24.6 Å². The Kier molecular flexibility index (Phi) is 5.13. The van der Waals surface area contributed by atoms with Gasteiger partial charge in [-0.3, -0.25) is 0 Å². The van der Waals surface area contributed by atoms with E-state index in [1.54, 1.807) is 0 Å². The third-order valence-corrected chi connectivity index (χ3v) is 4.03. The molecule has 1 aromatic rings. The number of nitrogens with zero attached hydrogens (tertiary/aromatic N) is 1. The zero-order valence-corrected chi connectivity index (χ0v) is 12.1. The average Bonchev–Trinajstić information content (AvgIpc) is 2.42. The van der Waals surface area contributed by atoms with E-state index in [1.807, 2.05) is 43.0 Å². The second kappa shape index (κ2) is 6.85. The van der Waals surface area contributed by atoms with Crippen LogP contribution in [0.5, 0.6) is 5.75 Å². The molecule has 98 valence electrons. The fourth-order valence-electron chi connectivity index (χ4n) is 1.81. The maximum atomic E-state index is 5.58. The first-order valence-corrected chi connectivity index (χ1v) is 7.73. The molecule has 1 fully saturated rings. The lowest BCUT2D eigenvalue weighted by atomic mass is 10.3. The maximum Gasteiger partial charge on any atom is 0.173 e. The van der Waals surface area contributed by atoms with Crippen LogP contribution in [0.25, 0.3) is 0 Å². The summed E-state index contributed by atoms with van der Waals surface area (Å²) in [6, 6.07) is 7.91. The van der Waals surface area contributed by atoms with Crippen molar-refractivity contribution in [2.45, 2.75) is 6.92 Å². The van der Waals surface area contributed by atoms with Gasteiger partial charge in [-0.2, -0.15) is 11.8 Å². The Balaban J connectivity index is 2.01. The van der Waals surface area contributed by atoms with Crippen molar-refractivity contribution in [3.8, 4) is 5.75 Å². The maximum absolute atomic E-state index is 5.58. The van der Waals surface area contributed by atoms with E-state index in [9.17, 15) is 0 Å². The average molecular weight is 282 g/mol. The Labute approximate surface area is 118 Å². The third kappa shape index (κ3) is 3.53. The number of ether oxygens (including phenoxy) is 1. The fraction of sp³-hybridized carbons (Fsp3) is 0.462. The molecule has 5 heteroatoms. The second-order valence-electron chi connectivity index (χ2n) is 3.96. The number of thioether (sulfide) groups is 1. The summed E-state index contributed by atoms with van der Waals surface area (Å²) >= 11 is 7.43. The van der Waals surface area contributed by atoms with Crippen molar-refractivity contribution in [3.63, 3.8) is 0 Å². The molecule has 0 aliphatic carbocycles. The van der Waals surface area contributed by atoms with Gasteiger partial charge in [0.25, 0.3) is 0 Å². The summed E-state index contributed by atoms with van der Waals surface area (Å²) in [6.07, 6.45) is 0. The zero-order chi connectivity index (χ0) is 12.8. The minimum absolute atomic E-state index is 0.659. The number of benzene rings is 1. The molecule has 0 unspecified atom stereocenters. The summed E-state index contributed by atoms with van der Waals surface area (Å²) in [4.78, 5) is 2.22. The van der Waals surface area contributed by atoms with Gasteiger partial charge < -0.3 is 15.0 Å². The minimum atomic E-state index is 0.659. The molecule has 3 nitrogen and oxygen atoms in total. The second-order valence-corrected chi connectivity index (χ2v) is 5.57. The molecule has 0 spiro atoms. The number of rotatable bonds is 3. The van der Waals surface area contributed by atoms with Gasteiger partial charge in [-0.1, -0.05) is 12.1 Å². The van der Waals surface area contributed by atoms with Gasteiger partial charge in [-0.25, -0.2) is 0 Å². The Bertz CT molecular complexity index is 406. The number of para-hydroxylation sites is 2. The summed E-state index contributed by atoms with van der Waals surface area (Å²) in [7, 11) is 0. The topological polar surface area (TPSA) is 24.5 Å². The van der Waals surface area contributed by atoms with Crippen LogP contribution >= 0.6 is 24.0 Å². The third-order valence-electron chi connectivity index (χ3n) is 2.73. The molecule has 0 amide bonds. The van der Waals surface area contributed by atoms with Crippen LogP contribution in [0, 0.1) is 0 Å². The summed E-state index contributed by atoms with van der Waals surface area (Å²) in [5, 5.41) is 4.08. The summed E-state index contributed by atoms with van der Waals surface area (Å²) in [5.74, 6) is 3.15. The molecule has 0 atom stereocenters. The normalized spacial score (nSPS) is 15.3. The van der Waals surface area contributed by atoms with Gasteiger partial charge in [-0.05, 0) is 31.3 Å². The van der Waals surface area contributed by atoms with E-state index in [4.69, 9.17) is 17.0 Å². The largest absolute Gasteiger partial charge is 0.492 e. The number of hydrogen-bond donors (Lipinski definition) is 1. The predicted octanol–water partition coefficient (Wildman–Crippen LogP) is 2.83. The lowest BCUT2D eigenvalue weighted by Gasteiger charge is -2.29. The fourth-order valence-corrected chi connectivity index (χ4v) is 3.01. The first-order chi connectivity index (χ1) is 8.81. The Hall–Kier alpha value is -0.940. The van der Waals surface area contributed by atoms with E-state index in [0.717, 1.165) is 41.1 Å². The smallest absolute Gasteiger partial charge is 0.173 e. The zero-order valence-electron chi connectivity index (χ0n) is 10.5. The number of thiocarbonyl (C=S) groups is 1. The molecule has 0 bridgehead atoms. The van der Waals surface area contributed by atoms with Crippen molar-refractivity contribution in [1.82, 2.24) is 4.90 Å². The Morgan fingerprint density at radius 1 is 1.39 bits per heavy atom. The van der Waals surface area contributed by atoms with Crippen LogP contribution in [0.4, 0.5) is 5.69 Å². The van der Waals surface area contributed by atoms with Gasteiger partial charge in [0.05, 0.1) is 12.3 Å². The lowest BCUT2D eigenvalue weighted by Crippen LogP contribution is -2.40. The highest BCUT2D eigenvalue weighted by Crippen LogP contribution is 2.24. The molecule has 1 aliphatic rings. The highest BCUT2D eigenvalue weighted by atomic mass is 32.2. The van der Waals surface area contributed by atoms with E-state index in [1.165, 1.54) is 0 Å². The van der Waals surface area contributed by atoms with Gasteiger partial charge in [0.15, 0.2) is 5.11 Å². The van der Waals surface area contributed by atoms with Crippen LogP contribution in [0.15, 0.2) is 24.3 Å². The molecule has 1 aliphatic heterocycles. The molecule has 1 N–H and O–H groups in total. The summed E-state index contributed by atoms with van der Waals surface area (Å²) in [6.45, 7) is 4.68. The van der Waals surface area contributed by atoms with E-state index in [-0.39, 0.29) is 0 Å². The SMILES string of the molecule is CCOc1ccccc1NC(=S)N1CCSCC1. The summed E-state index contributed by atoms with van der Waals surface area (Å²) < 4.78 is 5.58. The number of nitrogens with one attached hydrogen (secondary N) is 1. The van der Waals surface area contributed by atoms with Gasteiger partial charge >= 0.3 is 0 Å². The lowest BCUT2D eigenvalue weighted by molar-refractivity contribution is 0.342. The van der Waals surface area contributed by atoms with Crippen molar-refractivity contribution in [1.29, 1.82) is 0 Å². The van der Waals surface area contributed by atoms with Crippen LogP contribution in [0.2, 0.25) is 0 Å². The molecular weight excluding hydrogens is 264 g/mol. The first-order valence-electron chi connectivity index (χ1n) is 6.16. The van der Waals surface area contributed by atoms with E-state index in [0.29, 0.717) is 6.61 Å². The highest BCUT2D eigenvalue weighted by molar-refractivity contribution is 7.99. The standard InChI is InChI=1S/C13H18N2OS2/c1-2-16-12-6-4-3-5-11(12)14-13(17)15-7-9-18-10-8-15/h3-6H,2,7-10H2,1H3,(H,14,17). The molecule has 0 aromatic heterocycles. The van der Waals surface area contributed by atoms with E-state index >= 15 is 0 Å². The molecule has 0 saturated carbocycles. The highest BCUT2D eigenvalue weighted by Gasteiger charge is 2.14. The van der Waals surface area contributed by atoms with Crippen molar-refractivity contribution in [3.05, 3.63) is 24.3 Å². The van der Waals surface area contributed by atoms with E-state index in [2.05, 4.69) is 10.2 Å². The molecule has 1 aromatic carbocycles. The molecule has 2 rings (SSSR count). The predicted molar refractivity (Wildman–Crippen MR) is 82.7 cm³/mol. The quantitative estimate of drug-likeness (QED) is 0.860. The van der Waals surface area contributed by atoms with Crippen molar-refractivity contribution in [2.24, 2.45) is 0 Å². The molecule has 18 heavy (non-hydrogen) atoms. The van der Waals surface area contributed by atoms with Crippen molar-refractivity contribution < 1.29 is 4.74 Å².